The first-order chi connectivity index (χ1) is 8.23. The zero-order valence-corrected chi connectivity index (χ0v) is 10.9. The average molecular weight is 376 g/mol. The summed E-state index contributed by atoms with van der Waals surface area (Å²) in [5.74, 6) is -1.90. The molecule has 9 heteroatoms. The Labute approximate surface area is 113 Å². The molecule has 0 amide bonds. The van der Waals surface area contributed by atoms with Crippen LogP contribution < -0.4 is 10.5 Å². The van der Waals surface area contributed by atoms with Crippen LogP contribution in [0.15, 0.2) is 6.07 Å². The van der Waals surface area contributed by atoms with Crippen molar-refractivity contribution in [3.63, 3.8) is 0 Å². The highest BCUT2D eigenvalue weighted by atomic mass is 127. The van der Waals surface area contributed by atoms with Gasteiger partial charge in [0.05, 0.1) is 12.1 Å². The van der Waals surface area contributed by atoms with Crippen molar-refractivity contribution in [2.24, 2.45) is 5.73 Å². The third-order valence-corrected chi connectivity index (χ3v) is 2.80. The van der Waals surface area contributed by atoms with E-state index in [1.807, 2.05) is 0 Å². The molecule has 0 spiro atoms. The Morgan fingerprint density at radius 3 is 2.61 bits per heavy atom. The van der Waals surface area contributed by atoms with Gasteiger partial charge in [-0.05, 0) is 28.7 Å². The Hall–Kier alpha value is -1.10. The largest absolute Gasteiger partial charge is 0.574 e. The lowest BCUT2D eigenvalue weighted by molar-refractivity contribution is -0.276. The van der Waals surface area contributed by atoms with Crippen molar-refractivity contribution in [1.29, 1.82) is 0 Å². The van der Waals surface area contributed by atoms with E-state index in [2.05, 4.69) is 9.72 Å². The number of halogens is 4. The highest BCUT2D eigenvalue weighted by Crippen LogP contribution is 2.28. The van der Waals surface area contributed by atoms with Crippen molar-refractivity contribution in [1.82, 2.24) is 4.98 Å². The minimum atomic E-state index is -4.90. The van der Waals surface area contributed by atoms with Crippen LogP contribution in [0.1, 0.15) is 11.3 Å². The summed E-state index contributed by atoms with van der Waals surface area (Å²) in [6.45, 7) is -0.190. The number of carboxylic acids is 1. The van der Waals surface area contributed by atoms with Gasteiger partial charge in [0.15, 0.2) is 0 Å². The third kappa shape index (κ3) is 4.29. The number of carbonyl (C=O) groups is 1. The minimum Gasteiger partial charge on any atom is -0.481 e. The summed E-state index contributed by atoms with van der Waals surface area (Å²) >= 11 is 1.75. The lowest BCUT2D eigenvalue weighted by Crippen LogP contribution is -2.21. The van der Waals surface area contributed by atoms with Crippen molar-refractivity contribution < 1.29 is 27.8 Å². The number of rotatable bonds is 4. The van der Waals surface area contributed by atoms with Crippen LogP contribution in [0, 0.1) is 3.57 Å². The Balaban J connectivity index is 3.19. The molecule has 1 aromatic heterocycles. The quantitative estimate of drug-likeness (QED) is 0.782. The van der Waals surface area contributed by atoms with Gasteiger partial charge in [-0.3, -0.25) is 4.79 Å². The predicted octanol–water partition coefficient (Wildman–Crippen LogP) is 1.67. The highest BCUT2D eigenvalue weighted by Gasteiger charge is 2.33. The first-order valence-electron chi connectivity index (χ1n) is 4.59. The summed E-state index contributed by atoms with van der Waals surface area (Å²) in [4.78, 5) is 14.0. The number of aromatic nitrogens is 1. The molecule has 1 aromatic rings. The number of alkyl halides is 3. The number of nitrogens with two attached hydrogens (primary N) is 1. The number of carboxylic acid groups (broad SMARTS) is 1. The monoisotopic (exact) mass is 376 g/mol. The van der Waals surface area contributed by atoms with Gasteiger partial charge < -0.3 is 15.6 Å². The van der Waals surface area contributed by atoms with Gasteiger partial charge in [-0.15, -0.1) is 13.2 Å². The number of hydrogen-bond donors (Lipinski definition) is 2. The molecule has 0 radical (unpaired) electrons. The molecule has 3 N–H and O–H groups in total. The molecular formula is C9H8F3IN2O3. The van der Waals surface area contributed by atoms with Crippen LogP contribution in [0.5, 0.6) is 5.88 Å². The molecule has 0 unspecified atom stereocenters. The van der Waals surface area contributed by atoms with Gasteiger partial charge in [0, 0.05) is 15.7 Å². The minimum absolute atomic E-state index is 0.0247. The molecule has 0 saturated carbocycles. The van der Waals surface area contributed by atoms with E-state index < -0.39 is 24.6 Å². The topological polar surface area (TPSA) is 85.4 Å². The van der Waals surface area contributed by atoms with E-state index in [-0.39, 0.29) is 17.8 Å². The molecule has 5 nitrogen and oxygen atoms in total. The van der Waals surface area contributed by atoms with Crippen LogP contribution in [0.25, 0.3) is 0 Å². The molecule has 0 bridgehead atoms. The van der Waals surface area contributed by atoms with Crippen molar-refractivity contribution in [3.05, 3.63) is 20.9 Å². The molecule has 100 valence electrons. The molecule has 1 rings (SSSR count). The Kier molecular flexibility index (Phi) is 4.73. The van der Waals surface area contributed by atoms with E-state index in [4.69, 9.17) is 10.8 Å². The molecule has 0 aliphatic rings. The zero-order valence-electron chi connectivity index (χ0n) is 8.79. The maximum atomic E-state index is 12.2. The first kappa shape index (κ1) is 15.0. The van der Waals surface area contributed by atoms with Crippen LogP contribution in [0.4, 0.5) is 13.2 Å². The molecule has 0 aromatic carbocycles. The van der Waals surface area contributed by atoms with Gasteiger partial charge in [-0.2, -0.15) is 0 Å². The highest BCUT2D eigenvalue weighted by molar-refractivity contribution is 14.1. The van der Waals surface area contributed by atoms with E-state index >= 15 is 0 Å². The number of nitrogens with zero attached hydrogens (tertiary/aromatic N) is 1. The Morgan fingerprint density at radius 1 is 1.56 bits per heavy atom. The molecule has 0 atom stereocenters. The Morgan fingerprint density at radius 2 is 2.17 bits per heavy atom. The predicted molar refractivity (Wildman–Crippen MR) is 62.9 cm³/mol. The van der Waals surface area contributed by atoms with Crippen molar-refractivity contribution in [3.8, 4) is 5.88 Å². The number of ether oxygens (including phenoxy) is 1. The van der Waals surface area contributed by atoms with E-state index in [1.54, 1.807) is 22.6 Å². The van der Waals surface area contributed by atoms with Crippen LogP contribution in [-0.4, -0.2) is 22.4 Å². The fourth-order valence-electron chi connectivity index (χ4n) is 1.19. The van der Waals surface area contributed by atoms with E-state index in [1.165, 1.54) is 6.07 Å². The summed E-state index contributed by atoms with van der Waals surface area (Å²) in [6.07, 6.45) is -5.39. The summed E-state index contributed by atoms with van der Waals surface area (Å²) in [7, 11) is 0. The molecule has 1 heterocycles. The molecule has 0 aliphatic heterocycles. The second kappa shape index (κ2) is 5.69. The van der Waals surface area contributed by atoms with Gasteiger partial charge in [0.25, 0.3) is 0 Å². The second-order valence-electron chi connectivity index (χ2n) is 3.20. The summed E-state index contributed by atoms with van der Waals surface area (Å²) < 4.78 is 40.6. The van der Waals surface area contributed by atoms with Crippen LogP contribution >= 0.6 is 22.6 Å². The maximum Gasteiger partial charge on any atom is 0.574 e. The van der Waals surface area contributed by atoms with Gasteiger partial charge >= 0.3 is 12.3 Å². The number of aliphatic carboxylic acids is 1. The Bertz CT molecular complexity index is 465. The SMILES string of the molecule is NCc1c(I)cc(CC(=O)O)nc1OC(F)(F)F. The normalized spacial score (nSPS) is 11.4. The summed E-state index contributed by atoms with van der Waals surface area (Å²) in [5, 5.41) is 8.58. The van der Waals surface area contributed by atoms with Crippen LogP contribution in [0.3, 0.4) is 0 Å². The summed E-state index contributed by atoms with van der Waals surface area (Å²) in [6, 6.07) is 1.36. The fourth-order valence-corrected chi connectivity index (χ4v) is 2.00. The molecule has 0 fully saturated rings. The number of pyridine rings is 1. The van der Waals surface area contributed by atoms with Crippen molar-refractivity contribution in [2.75, 3.05) is 0 Å². The first-order valence-corrected chi connectivity index (χ1v) is 5.66. The maximum absolute atomic E-state index is 12.2. The molecule has 0 saturated heterocycles. The van der Waals surface area contributed by atoms with Crippen LogP contribution in [0.2, 0.25) is 0 Å². The third-order valence-electron chi connectivity index (χ3n) is 1.83. The molecule has 18 heavy (non-hydrogen) atoms. The standard InChI is InChI=1S/C9H8F3IN2O3/c10-9(11,12)18-8-5(3-14)6(13)1-4(15-8)2-7(16)17/h1H,2-3,14H2,(H,16,17). The lowest BCUT2D eigenvalue weighted by atomic mass is 10.2. The summed E-state index contributed by atoms with van der Waals surface area (Å²) in [5.41, 5.74) is 5.37. The zero-order chi connectivity index (χ0) is 13.9. The smallest absolute Gasteiger partial charge is 0.481 e. The van der Waals surface area contributed by atoms with E-state index in [0.29, 0.717) is 3.57 Å². The molecule has 0 aliphatic carbocycles. The van der Waals surface area contributed by atoms with Gasteiger partial charge in [-0.1, -0.05) is 0 Å². The molecular weight excluding hydrogens is 368 g/mol. The van der Waals surface area contributed by atoms with Crippen molar-refractivity contribution >= 4 is 28.6 Å². The van der Waals surface area contributed by atoms with Gasteiger partial charge in [0.2, 0.25) is 5.88 Å². The fraction of sp³-hybridized carbons (Fsp3) is 0.333. The van der Waals surface area contributed by atoms with E-state index in [0.717, 1.165) is 0 Å². The van der Waals surface area contributed by atoms with Gasteiger partial charge in [-0.25, -0.2) is 4.98 Å². The number of hydrogen-bond acceptors (Lipinski definition) is 4. The van der Waals surface area contributed by atoms with Crippen molar-refractivity contribution in [2.45, 2.75) is 19.3 Å². The van der Waals surface area contributed by atoms with Gasteiger partial charge in [0.1, 0.15) is 0 Å². The van der Waals surface area contributed by atoms with Crippen LogP contribution in [-0.2, 0) is 17.8 Å². The second-order valence-corrected chi connectivity index (χ2v) is 4.36. The van der Waals surface area contributed by atoms with E-state index in [9.17, 15) is 18.0 Å². The average Bonchev–Trinajstić information content (AvgIpc) is 2.13. The lowest BCUT2D eigenvalue weighted by Gasteiger charge is -2.13.